The Morgan fingerprint density at radius 3 is 2.80 bits per heavy atom. The highest BCUT2D eigenvalue weighted by molar-refractivity contribution is 7.89. The molecule has 0 bridgehead atoms. The van der Waals surface area contributed by atoms with Gasteiger partial charge in [-0.15, -0.1) is 11.3 Å². The number of rotatable bonds is 5. The molecule has 0 fully saturated rings. The smallest absolute Gasteiger partial charge is 0.241 e. The number of nitrogens with zero attached hydrogens (tertiary/aromatic N) is 1. The van der Waals surface area contributed by atoms with Crippen molar-refractivity contribution >= 4 is 33.0 Å². The van der Waals surface area contributed by atoms with Crippen molar-refractivity contribution in [3.05, 3.63) is 45.1 Å². The first kappa shape index (κ1) is 15.3. The monoisotopic (exact) mass is 336 g/mol. The van der Waals surface area contributed by atoms with Crippen molar-refractivity contribution in [2.24, 2.45) is 0 Å². The Balaban J connectivity index is 2.27. The Hall–Kier alpha value is -1.06. The van der Waals surface area contributed by atoms with E-state index in [1.165, 1.54) is 17.5 Å². The fourth-order valence-corrected chi connectivity index (χ4v) is 3.33. The number of aliphatic hydroxyl groups excluding tert-OH is 1. The largest absolute Gasteiger partial charge is 0.392 e. The number of hydrogen-bond acceptors (Lipinski definition) is 5. The van der Waals surface area contributed by atoms with E-state index in [1.54, 1.807) is 5.51 Å². The van der Waals surface area contributed by atoms with Crippen LogP contribution in [0.3, 0.4) is 0 Å². The summed E-state index contributed by atoms with van der Waals surface area (Å²) in [5.74, 6) is -0.892. The zero-order chi connectivity index (χ0) is 14.8. The predicted octanol–water partition coefficient (Wildman–Crippen LogP) is 1.91. The fraction of sp³-hybridized carbons (Fsp3) is 0.182. The Labute approximate surface area is 124 Å². The van der Waals surface area contributed by atoms with E-state index in [1.807, 2.05) is 0 Å². The molecule has 108 valence electrons. The Morgan fingerprint density at radius 1 is 1.45 bits per heavy atom. The second kappa shape index (κ2) is 6.15. The van der Waals surface area contributed by atoms with Gasteiger partial charge in [0.15, 0.2) is 0 Å². The molecule has 0 atom stereocenters. The van der Waals surface area contributed by atoms with Crippen LogP contribution in [0.15, 0.2) is 28.7 Å². The lowest BCUT2D eigenvalue weighted by molar-refractivity contribution is 0.281. The van der Waals surface area contributed by atoms with Gasteiger partial charge < -0.3 is 5.11 Å². The van der Waals surface area contributed by atoms with Crippen LogP contribution in [-0.2, 0) is 23.2 Å². The lowest BCUT2D eigenvalue weighted by Gasteiger charge is -2.09. The standard InChI is InChI=1S/C11H10ClFN2O3S2/c12-11-7(5-16)1-9(2-10(11)13)20(17,18)15-4-8-3-14-6-19-8/h1-3,6,15-16H,4-5H2. The summed E-state index contributed by atoms with van der Waals surface area (Å²) in [6, 6.07) is 1.96. The van der Waals surface area contributed by atoms with Crippen molar-refractivity contribution in [1.29, 1.82) is 0 Å². The minimum Gasteiger partial charge on any atom is -0.392 e. The number of aromatic nitrogens is 1. The molecule has 2 N–H and O–H groups in total. The molecule has 1 aromatic carbocycles. The van der Waals surface area contributed by atoms with Crippen LogP contribution < -0.4 is 4.72 Å². The summed E-state index contributed by atoms with van der Waals surface area (Å²) in [6.45, 7) is -0.486. The second-order valence-corrected chi connectivity index (χ2v) is 6.94. The summed E-state index contributed by atoms with van der Waals surface area (Å²) in [4.78, 5) is 4.26. The van der Waals surface area contributed by atoms with Crippen LogP contribution in [0.4, 0.5) is 4.39 Å². The molecule has 2 rings (SSSR count). The molecule has 5 nitrogen and oxygen atoms in total. The minimum atomic E-state index is -3.89. The van der Waals surface area contributed by atoms with Gasteiger partial charge in [0.05, 0.1) is 22.0 Å². The maximum atomic E-state index is 13.5. The normalized spacial score (nSPS) is 11.8. The van der Waals surface area contributed by atoms with Crippen molar-refractivity contribution in [2.75, 3.05) is 0 Å². The van der Waals surface area contributed by atoms with Crippen LogP contribution in [-0.4, -0.2) is 18.5 Å². The molecule has 9 heteroatoms. The fourth-order valence-electron chi connectivity index (χ4n) is 1.47. The summed E-state index contributed by atoms with van der Waals surface area (Å²) in [7, 11) is -3.89. The first-order valence-electron chi connectivity index (χ1n) is 5.40. The highest BCUT2D eigenvalue weighted by Gasteiger charge is 2.18. The first-order valence-corrected chi connectivity index (χ1v) is 8.14. The van der Waals surface area contributed by atoms with E-state index in [-0.39, 0.29) is 22.0 Å². The van der Waals surface area contributed by atoms with Crippen molar-refractivity contribution in [2.45, 2.75) is 18.0 Å². The van der Waals surface area contributed by atoms with E-state index in [0.717, 1.165) is 17.0 Å². The Kier molecular flexibility index (Phi) is 4.71. The first-order chi connectivity index (χ1) is 9.44. The number of sulfonamides is 1. The van der Waals surface area contributed by atoms with Crippen LogP contribution >= 0.6 is 22.9 Å². The van der Waals surface area contributed by atoms with Crippen LogP contribution in [0, 0.1) is 5.82 Å². The van der Waals surface area contributed by atoms with E-state index in [0.29, 0.717) is 0 Å². The summed E-state index contributed by atoms with van der Waals surface area (Å²) in [6.07, 6.45) is 1.54. The number of benzene rings is 1. The summed E-state index contributed by atoms with van der Waals surface area (Å²) < 4.78 is 39.9. The molecule has 0 amide bonds. The molecular weight excluding hydrogens is 327 g/mol. The van der Waals surface area contributed by atoms with Crippen molar-refractivity contribution in [1.82, 2.24) is 9.71 Å². The number of aliphatic hydroxyl groups is 1. The molecule has 1 heterocycles. The molecule has 20 heavy (non-hydrogen) atoms. The molecule has 0 aliphatic heterocycles. The van der Waals surface area contributed by atoms with Crippen LogP contribution in [0.2, 0.25) is 5.02 Å². The highest BCUT2D eigenvalue weighted by Crippen LogP contribution is 2.24. The van der Waals surface area contributed by atoms with Crippen molar-refractivity contribution in [3.63, 3.8) is 0 Å². The maximum absolute atomic E-state index is 13.5. The maximum Gasteiger partial charge on any atom is 0.241 e. The Bertz CT molecular complexity index is 705. The van der Waals surface area contributed by atoms with Gasteiger partial charge in [-0.05, 0) is 12.1 Å². The lowest BCUT2D eigenvalue weighted by Crippen LogP contribution is -2.23. The molecule has 0 saturated heterocycles. The molecule has 2 aromatic rings. The highest BCUT2D eigenvalue weighted by atomic mass is 35.5. The summed E-state index contributed by atoms with van der Waals surface area (Å²) in [5.41, 5.74) is 1.60. The third-order valence-electron chi connectivity index (χ3n) is 2.48. The van der Waals surface area contributed by atoms with Crippen LogP contribution in [0.5, 0.6) is 0 Å². The number of thiazole rings is 1. The third-order valence-corrected chi connectivity index (χ3v) is 5.06. The van der Waals surface area contributed by atoms with Gasteiger partial charge in [0.25, 0.3) is 0 Å². The second-order valence-electron chi connectivity index (χ2n) is 3.83. The molecule has 0 spiro atoms. The molecular formula is C11H10ClFN2O3S2. The van der Waals surface area contributed by atoms with E-state index in [9.17, 15) is 12.8 Å². The van der Waals surface area contributed by atoms with Gasteiger partial charge >= 0.3 is 0 Å². The molecule has 0 unspecified atom stereocenters. The van der Waals surface area contributed by atoms with Crippen molar-refractivity contribution in [3.8, 4) is 0 Å². The van der Waals surface area contributed by atoms with Gasteiger partial charge in [-0.2, -0.15) is 0 Å². The van der Waals surface area contributed by atoms with E-state index < -0.39 is 22.4 Å². The number of hydrogen-bond donors (Lipinski definition) is 2. The van der Waals surface area contributed by atoms with Gasteiger partial charge in [-0.3, -0.25) is 4.98 Å². The predicted molar refractivity (Wildman–Crippen MR) is 73.5 cm³/mol. The average molecular weight is 337 g/mol. The van der Waals surface area contributed by atoms with E-state index in [4.69, 9.17) is 16.7 Å². The van der Waals surface area contributed by atoms with Gasteiger partial charge in [0.2, 0.25) is 10.0 Å². The number of nitrogens with one attached hydrogen (secondary N) is 1. The lowest BCUT2D eigenvalue weighted by atomic mass is 10.2. The molecule has 0 aliphatic carbocycles. The zero-order valence-electron chi connectivity index (χ0n) is 10.0. The van der Waals surface area contributed by atoms with Gasteiger partial charge in [-0.25, -0.2) is 17.5 Å². The van der Waals surface area contributed by atoms with E-state index in [2.05, 4.69) is 9.71 Å². The molecule has 0 saturated carbocycles. The number of halogens is 2. The van der Waals surface area contributed by atoms with Gasteiger partial charge in [-0.1, -0.05) is 11.6 Å². The molecule has 0 aliphatic rings. The van der Waals surface area contributed by atoms with Crippen LogP contribution in [0.1, 0.15) is 10.4 Å². The summed E-state index contributed by atoms with van der Waals surface area (Å²) >= 11 is 6.92. The van der Waals surface area contributed by atoms with E-state index >= 15 is 0 Å². The van der Waals surface area contributed by atoms with Crippen LogP contribution in [0.25, 0.3) is 0 Å². The van der Waals surface area contributed by atoms with Gasteiger partial charge in [0, 0.05) is 23.2 Å². The van der Waals surface area contributed by atoms with Crippen molar-refractivity contribution < 1.29 is 17.9 Å². The minimum absolute atomic E-state index is 0.0184. The zero-order valence-corrected chi connectivity index (χ0v) is 12.4. The topological polar surface area (TPSA) is 79.3 Å². The Morgan fingerprint density at radius 2 is 2.20 bits per heavy atom. The third kappa shape index (κ3) is 3.33. The molecule has 1 aromatic heterocycles. The summed E-state index contributed by atoms with van der Waals surface area (Å²) in [5, 5.41) is 8.76. The van der Waals surface area contributed by atoms with Gasteiger partial charge in [0.1, 0.15) is 5.82 Å². The SMILES string of the molecule is O=S(=O)(NCc1cncs1)c1cc(F)c(Cl)c(CO)c1. The average Bonchev–Trinajstić information content (AvgIpc) is 2.92. The molecule has 0 radical (unpaired) electrons. The quantitative estimate of drug-likeness (QED) is 0.874.